The predicted molar refractivity (Wildman–Crippen MR) is 80.8 cm³/mol. The summed E-state index contributed by atoms with van der Waals surface area (Å²) >= 11 is 0. The Kier molecular flexibility index (Phi) is 6.90. The summed E-state index contributed by atoms with van der Waals surface area (Å²) in [6.07, 6.45) is 0.384. The van der Waals surface area contributed by atoms with Crippen LogP contribution in [0.25, 0.3) is 0 Å². The Hall–Kier alpha value is -1.86. The number of benzene rings is 1. The Balaban J connectivity index is 2.73. The number of halogens is 1. The smallest absolute Gasteiger partial charge is 0.223 e. The molecule has 0 aliphatic heterocycles. The van der Waals surface area contributed by atoms with Crippen LogP contribution in [0.2, 0.25) is 0 Å². The van der Waals surface area contributed by atoms with Crippen LogP contribution in [0, 0.1) is 29.5 Å². The van der Waals surface area contributed by atoms with Gasteiger partial charge in [-0.05, 0) is 24.1 Å². The summed E-state index contributed by atoms with van der Waals surface area (Å²) in [5.74, 6) is 5.33. The zero-order valence-electron chi connectivity index (χ0n) is 12.7. The molecular weight excluding hydrogens is 269 g/mol. The highest BCUT2D eigenvalue weighted by atomic mass is 19.1. The highest BCUT2D eigenvalue weighted by Gasteiger charge is 2.16. The number of carbonyl (C=O) groups excluding carboxylic acids is 1. The fourth-order valence-corrected chi connectivity index (χ4v) is 1.65. The number of aliphatic hydroxyl groups is 1. The average Bonchev–Trinajstić information content (AvgIpc) is 2.46. The van der Waals surface area contributed by atoms with Crippen LogP contribution in [0.3, 0.4) is 0 Å². The van der Waals surface area contributed by atoms with Gasteiger partial charge in [0.2, 0.25) is 5.91 Å². The molecule has 21 heavy (non-hydrogen) atoms. The van der Waals surface area contributed by atoms with Crippen LogP contribution in [0.1, 0.15) is 38.3 Å². The summed E-state index contributed by atoms with van der Waals surface area (Å²) in [4.78, 5) is 11.9. The number of nitrogens with one attached hydrogen (secondary N) is 1. The largest absolute Gasteiger partial charge is 0.395 e. The highest BCUT2D eigenvalue weighted by Crippen LogP contribution is 2.12. The van der Waals surface area contributed by atoms with Crippen molar-refractivity contribution in [3.05, 3.63) is 35.1 Å². The minimum atomic E-state index is -0.361. The fraction of sp³-hybridized carbons (Fsp3) is 0.471. The summed E-state index contributed by atoms with van der Waals surface area (Å²) in [5.41, 5.74) is 1.08. The first-order valence-corrected chi connectivity index (χ1v) is 7.11. The van der Waals surface area contributed by atoms with Crippen molar-refractivity contribution in [2.45, 2.75) is 33.7 Å². The van der Waals surface area contributed by atoms with E-state index in [1.165, 1.54) is 6.07 Å². The van der Waals surface area contributed by atoms with Gasteiger partial charge in [-0.2, -0.15) is 0 Å². The van der Waals surface area contributed by atoms with Gasteiger partial charge in [-0.25, -0.2) is 4.39 Å². The third-order valence-electron chi connectivity index (χ3n) is 3.38. The average molecular weight is 291 g/mol. The number of amides is 1. The van der Waals surface area contributed by atoms with Gasteiger partial charge in [0.1, 0.15) is 5.82 Å². The van der Waals surface area contributed by atoms with Gasteiger partial charge < -0.3 is 10.4 Å². The normalized spacial score (nSPS) is 11.7. The molecular formula is C17H22FNO2. The standard InChI is InChI=1S/C17H22FNO2/c1-12(2)13(3)17(21)19-11-15-10-14(6-4-5-9-20)7-8-16(15)18/h7-8,10,12-13,20H,5,9,11H2,1-3H3,(H,19,21). The van der Waals surface area contributed by atoms with E-state index in [4.69, 9.17) is 5.11 Å². The maximum Gasteiger partial charge on any atom is 0.223 e. The molecule has 0 saturated carbocycles. The molecule has 114 valence electrons. The molecule has 3 nitrogen and oxygen atoms in total. The number of carbonyl (C=O) groups is 1. The van der Waals surface area contributed by atoms with Gasteiger partial charge in [0.25, 0.3) is 0 Å². The molecule has 1 aromatic carbocycles. The molecule has 1 aromatic rings. The highest BCUT2D eigenvalue weighted by molar-refractivity contribution is 5.78. The van der Waals surface area contributed by atoms with Gasteiger partial charge in [-0.1, -0.05) is 32.6 Å². The number of hydrogen-bond acceptors (Lipinski definition) is 2. The summed E-state index contributed by atoms with van der Waals surface area (Å²) in [6.45, 7) is 5.96. The predicted octanol–water partition coefficient (Wildman–Crippen LogP) is 2.47. The van der Waals surface area contributed by atoms with Crippen LogP contribution < -0.4 is 5.32 Å². The first-order valence-electron chi connectivity index (χ1n) is 7.11. The summed E-state index contributed by atoms with van der Waals surface area (Å²) in [7, 11) is 0. The lowest BCUT2D eigenvalue weighted by Gasteiger charge is -2.15. The third kappa shape index (κ3) is 5.57. The molecule has 0 radical (unpaired) electrons. The van der Waals surface area contributed by atoms with Crippen LogP contribution in [-0.2, 0) is 11.3 Å². The molecule has 0 aliphatic carbocycles. The Bertz CT molecular complexity index is 543. The van der Waals surface area contributed by atoms with E-state index >= 15 is 0 Å². The number of rotatable bonds is 5. The van der Waals surface area contributed by atoms with Crippen molar-refractivity contribution in [2.75, 3.05) is 6.61 Å². The summed E-state index contributed by atoms with van der Waals surface area (Å²) in [6, 6.07) is 4.55. The first kappa shape index (κ1) is 17.2. The van der Waals surface area contributed by atoms with E-state index in [1.807, 2.05) is 20.8 Å². The monoisotopic (exact) mass is 291 g/mol. The molecule has 0 spiro atoms. The number of hydrogen-bond donors (Lipinski definition) is 2. The lowest BCUT2D eigenvalue weighted by Crippen LogP contribution is -2.31. The number of aliphatic hydroxyl groups excluding tert-OH is 1. The lowest BCUT2D eigenvalue weighted by atomic mass is 9.97. The van der Waals surface area contributed by atoms with Crippen molar-refractivity contribution < 1.29 is 14.3 Å². The molecule has 1 atom stereocenters. The van der Waals surface area contributed by atoms with Crippen molar-refractivity contribution in [1.82, 2.24) is 5.32 Å². The van der Waals surface area contributed by atoms with E-state index in [0.717, 1.165) is 0 Å². The first-order chi connectivity index (χ1) is 9.95. The maximum atomic E-state index is 13.7. The van der Waals surface area contributed by atoms with Gasteiger partial charge in [0, 0.05) is 30.0 Å². The Morgan fingerprint density at radius 3 is 2.71 bits per heavy atom. The van der Waals surface area contributed by atoms with Crippen LogP contribution in [-0.4, -0.2) is 17.6 Å². The second-order valence-corrected chi connectivity index (χ2v) is 5.33. The Labute approximate surface area is 125 Å². The minimum absolute atomic E-state index is 0.00417. The van der Waals surface area contributed by atoms with Crippen molar-refractivity contribution in [1.29, 1.82) is 0 Å². The quantitative estimate of drug-likeness (QED) is 0.819. The molecule has 0 saturated heterocycles. The summed E-state index contributed by atoms with van der Waals surface area (Å²) in [5, 5.41) is 11.4. The fourth-order valence-electron chi connectivity index (χ4n) is 1.65. The van der Waals surface area contributed by atoms with Gasteiger partial charge in [-0.15, -0.1) is 0 Å². The molecule has 1 unspecified atom stereocenters. The maximum absolute atomic E-state index is 13.7. The van der Waals surface area contributed by atoms with E-state index in [9.17, 15) is 9.18 Å². The molecule has 2 N–H and O–H groups in total. The van der Waals surface area contributed by atoms with Crippen molar-refractivity contribution in [2.24, 2.45) is 11.8 Å². The molecule has 1 rings (SSSR count). The topological polar surface area (TPSA) is 49.3 Å². The van der Waals surface area contributed by atoms with Gasteiger partial charge in [0.15, 0.2) is 0 Å². The zero-order chi connectivity index (χ0) is 15.8. The van der Waals surface area contributed by atoms with Crippen molar-refractivity contribution in [3.63, 3.8) is 0 Å². The molecule has 0 aliphatic rings. The van der Waals surface area contributed by atoms with Gasteiger partial charge >= 0.3 is 0 Å². The molecule has 1 amide bonds. The van der Waals surface area contributed by atoms with E-state index in [-0.39, 0.29) is 36.7 Å². The second-order valence-electron chi connectivity index (χ2n) is 5.33. The van der Waals surface area contributed by atoms with Crippen LogP contribution in [0.5, 0.6) is 0 Å². The Morgan fingerprint density at radius 1 is 1.38 bits per heavy atom. The van der Waals surface area contributed by atoms with Crippen molar-refractivity contribution >= 4 is 5.91 Å². The van der Waals surface area contributed by atoms with E-state index < -0.39 is 0 Å². The summed E-state index contributed by atoms with van der Waals surface area (Å²) < 4.78 is 13.7. The van der Waals surface area contributed by atoms with Gasteiger partial charge in [-0.3, -0.25) is 4.79 Å². The minimum Gasteiger partial charge on any atom is -0.395 e. The lowest BCUT2D eigenvalue weighted by molar-refractivity contribution is -0.125. The molecule has 0 heterocycles. The molecule has 0 bridgehead atoms. The van der Waals surface area contributed by atoms with Crippen LogP contribution in [0.15, 0.2) is 18.2 Å². The van der Waals surface area contributed by atoms with E-state index in [0.29, 0.717) is 17.5 Å². The van der Waals surface area contributed by atoms with E-state index in [2.05, 4.69) is 17.2 Å². The molecule has 0 aromatic heterocycles. The SMILES string of the molecule is CC(C)C(C)C(=O)NCc1cc(C#CCCO)ccc1F. The van der Waals surface area contributed by atoms with Crippen molar-refractivity contribution in [3.8, 4) is 11.8 Å². The zero-order valence-corrected chi connectivity index (χ0v) is 12.7. The van der Waals surface area contributed by atoms with Crippen LogP contribution >= 0.6 is 0 Å². The van der Waals surface area contributed by atoms with Crippen LogP contribution in [0.4, 0.5) is 4.39 Å². The van der Waals surface area contributed by atoms with E-state index in [1.54, 1.807) is 12.1 Å². The molecule has 0 fully saturated rings. The second kappa shape index (κ2) is 8.43. The third-order valence-corrected chi connectivity index (χ3v) is 3.38. The van der Waals surface area contributed by atoms with Gasteiger partial charge in [0.05, 0.1) is 6.61 Å². The molecule has 4 heteroatoms. The Morgan fingerprint density at radius 2 is 2.10 bits per heavy atom.